The zero-order valence-corrected chi connectivity index (χ0v) is 8.40. The topological polar surface area (TPSA) is 18.5 Å². The average Bonchev–Trinajstić information content (AvgIpc) is 2.86. The Labute approximate surface area is 88.4 Å². The molecule has 76 valence electrons. The Hall–Kier alpha value is -1.12. The number of benzene rings is 1. The van der Waals surface area contributed by atoms with E-state index in [0.29, 0.717) is 25.0 Å². The smallest absolute Gasteiger partial charge is 0.104 e. The second-order valence-corrected chi connectivity index (χ2v) is 4.54. The molecule has 2 unspecified atom stereocenters. The van der Waals surface area contributed by atoms with E-state index in [9.17, 15) is 0 Å². The molecule has 0 radical (unpaired) electrons. The summed E-state index contributed by atoms with van der Waals surface area (Å²) in [5.41, 5.74) is 6.02. The van der Waals surface area contributed by atoms with Gasteiger partial charge in [0.15, 0.2) is 0 Å². The molecule has 3 aliphatic rings. The summed E-state index contributed by atoms with van der Waals surface area (Å²) in [6.45, 7) is 1.34. The Morgan fingerprint density at radius 3 is 1.93 bits per heavy atom. The number of hydrogen-bond acceptors (Lipinski definition) is 2. The van der Waals surface area contributed by atoms with Crippen molar-refractivity contribution in [2.75, 3.05) is 13.2 Å². The van der Waals surface area contributed by atoms with Gasteiger partial charge in [-0.2, -0.15) is 0 Å². The van der Waals surface area contributed by atoms with Crippen LogP contribution in [0.25, 0.3) is 0 Å². The lowest BCUT2D eigenvalue weighted by Crippen LogP contribution is -2.18. The van der Waals surface area contributed by atoms with E-state index < -0.39 is 0 Å². The summed E-state index contributed by atoms with van der Waals surface area (Å²) in [5.74, 6) is 1.23. The van der Waals surface area contributed by atoms with E-state index in [2.05, 4.69) is 24.3 Å². The van der Waals surface area contributed by atoms with Crippen molar-refractivity contribution in [1.82, 2.24) is 0 Å². The lowest BCUT2D eigenvalue weighted by molar-refractivity contribution is -0.289. The molecule has 2 heteroatoms. The molecule has 4 rings (SSSR count). The number of hydrogen-bond donors (Lipinski definition) is 0. The van der Waals surface area contributed by atoms with Crippen molar-refractivity contribution < 1.29 is 9.78 Å². The van der Waals surface area contributed by atoms with Crippen molar-refractivity contribution >= 4 is 0 Å². The van der Waals surface area contributed by atoms with Gasteiger partial charge >= 0.3 is 0 Å². The Morgan fingerprint density at radius 2 is 1.40 bits per heavy atom. The SMILES string of the molecule is c1ccc2c(c1)C1CC2C2=C1COOC2. The van der Waals surface area contributed by atoms with E-state index in [1.54, 1.807) is 0 Å². The van der Waals surface area contributed by atoms with Crippen LogP contribution >= 0.6 is 0 Å². The molecule has 1 aromatic rings. The van der Waals surface area contributed by atoms with Crippen LogP contribution in [0.15, 0.2) is 35.4 Å². The van der Waals surface area contributed by atoms with Crippen molar-refractivity contribution in [3.8, 4) is 0 Å². The largest absolute Gasteiger partial charge is 0.232 e. The monoisotopic (exact) mass is 200 g/mol. The van der Waals surface area contributed by atoms with Crippen LogP contribution in [0.4, 0.5) is 0 Å². The van der Waals surface area contributed by atoms with Gasteiger partial charge in [-0.3, -0.25) is 0 Å². The van der Waals surface area contributed by atoms with E-state index in [0.717, 1.165) is 0 Å². The first-order valence-electron chi connectivity index (χ1n) is 5.50. The zero-order chi connectivity index (χ0) is 9.83. The van der Waals surface area contributed by atoms with Crippen LogP contribution in [0.2, 0.25) is 0 Å². The third kappa shape index (κ3) is 0.912. The van der Waals surface area contributed by atoms with Gasteiger partial charge < -0.3 is 0 Å². The molecule has 0 N–H and O–H groups in total. The van der Waals surface area contributed by atoms with E-state index in [1.165, 1.54) is 28.7 Å². The summed E-state index contributed by atoms with van der Waals surface area (Å²) >= 11 is 0. The van der Waals surface area contributed by atoms with E-state index in [1.807, 2.05) is 0 Å². The number of rotatable bonds is 0. The van der Waals surface area contributed by atoms with Crippen molar-refractivity contribution in [2.24, 2.45) is 0 Å². The van der Waals surface area contributed by atoms with Gasteiger partial charge in [-0.15, -0.1) is 0 Å². The van der Waals surface area contributed by atoms with Crippen LogP contribution in [0.3, 0.4) is 0 Å². The molecule has 0 aromatic heterocycles. The third-order valence-electron chi connectivity index (χ3n) is 3.98. The molecule has 1 aliphatic heterocycles. The highest BCUT2D eigenvalue weighted by Gasteiger charge is 2.44. The summed E-state index contributed by atoms with van der Waals surface area (Å²) < 4.78 is 0. The highest BCUT2D eigenvalue weighted by atomic mass is 17.2. The predicted octanol–water partition coefficient (Wildman–Crippen LogP) is 2.53. The molecule has 15 heavy (non-hydrogen) atoms. The van der Waals surface area contributed by atoms with Gasteiger partial charge in [0.25, 0.3) is 0 Å². The molecular formula is C13H12O2. The van der Waals surface area contributed by atoms with Crippen molar-refractivity contribution in [3.05, 3.63) is 46.5 Å². The highest BCUT2D eigenvalue weighted by Crippen LogP contribution is 2.56. The maximum Gasteiger partial charge on any atom is 0.104 e. The summed E-state index contributed by atoms with van der Waals surface area (Å²) in [6.07, 6.45) is 1.25. The Morgan fingerprint density at radius 1 is 0.867 bits per heavy atom. The van der Waals surface area contributed by atoms with Crippen LogP contribution in [-0.4, -0.2) is 13.2 Å². The van der Waals surface area contributed by atoms with E-state index >= 15 is 0 Å². The van der Waals surface area contributed by atoms with E-state index in [4.69, 9.17) is 9.78 Å². The first-order chi connectivity index (χ1) is 7.45. The van der Waals surface area contributed by atoms with Gasteiger partial charge in [0.1, 0.15) is 13.2 Å². The maximum absolute atomic E-state index is 5.09. The molecule has 1 aromatic carbocycles. The zero-order valence-electron chi connectivity index (χ0n) is 8.40. The molecule has 0 amide bonds. The van der Waals surface area contributed by atoms with E-state index in [-0.39, 0.29) is 0 Å². The fraction of sp³-hybridized carbons (Fsp3) is 0.385. The average molecular weight is 200 g/mol. The molecule has 2 bridgehead atoms. The molecule has 0 fully saturated rings. The maximum atomic E-state index is 5.09. The first kappa shape index (κ1) is 8.08. The van der Waals surface area contributed by atoms with Crippen LogP contribution in [0, 0.1) is 0 Å². The van der Waals surface area contributed by atoms with Gasteiger partial charge in [-0.05, 0) is 28.7 Å². The standard InChI is InChI=1S/C13H12O2/c1-2-4-9-8(3-1)10-5-11(9)13-7-15-14-6-12(10)13/h1-4,10-11H,5-7H2. The lowest BCUT2D eigenvalue weighted by Gasteiger charge is -2.25. The fourth-order valence-corrected chi connectivity index (χ4v) is 3.34. The van der Waals surface area contributed by atoms with Crippen LogP contribution in [0.5, 0.6) is 0 Å². The van der Waals surface area contributed by atoms with Crippen LogP contribution in [-0.2, 0) is 9.78 Å². The molecule has 1 heterocycles. The molecule has 2 aliphatic carbocycles. The minimum atomic E-state index is 0.616. The minimum Gasteiger partial charge on any atom is -0.232 e. The molecule has 0 spiro atoms. The Bertz CT molecular complexity index is 420. The third-order valence-corrected chi connectivity index (χ3v) is 3.98. The highest BCUT2D eigenvalue weighted by molar-refractivity contribution is 5.55. The fourth-order valence-electron chi connectivity index (χ4n) is 3.34. The summed E-state index contributed by atoms with van der Waals surface area (Å²) in [4.78, 5) is 10.2. The molecule has 2 atom stereocenters. The lowest BCUT2D eigenvalue weighted by atomic mass is 9.86. The summed E-state index contributed by atoms with van der Waals surface area (Å²) in [6, 6.07) is 8.80. The quantitative estimate of drug-likeness (QED) is 0.473. The normalized spacial score (nSPS) is 31.7. The second-order valence-electron chi connectivity index (χ2n) is 4.54. The van der Waals surface area contributed by atoms with Crippen molar-refractivity contribution in [2.45, 2.75) is 18.3 Å². The predicted molar refractivity (Wildman–Crippen MR) is 55.5 cm³/mol. The van der Waals surface area contributed by atoms with Gasteiger partial charge in [0.05, 0.1) is 0 Å². The minimum absolute atomic E-state index is 0.616. The van der Waals surface area contributed by atoms with Crippen LogP contribution in [0.1, 0.15) is 29.4 Å². The Balaban J connectivity index is 1.90. The van der Waals surface area contributed by atoms with Gasteiger partial charge in [-0.25, -0.2) is 9.78 Å². The van der Waals surface area contributed by atoms with Gasteiger partial charge in [0, 0.05) is 11.8 Å². The molecular weight excluding hydrogens is 188 g/mol. The number of fused-ring (bicyclic) bond motifs is 7. The summed E-state index contributed by atoms with van der Waals surface area (Å²) in [5, 5.41) is 0. The van der Waals surface area contributed by atoms with Crippen LogP contribution < -0.4 is 0 Å². The van der Waals surface area contributed by atoms with Gasteiger partial charge in [0.2, 0.25) is 0 Å². The van der Waals surface area contributed by atoms with Crippen molar-refractivity contribution in [1.29, 1.82) is 0 Å². The van der Waals surface area contributed by atoms with Gasteiger partial charge in [-0.1, -0.05) is 24.3 Å². The molecule has 0 saturated heterocycles. The molecule has 0 saturated carbocycles. The summed E-state index contributed by atoms with van der Waals surface area (Å²) in [7, 11) is 0. The van der Waals surface area contributed by atoms with Crippen molar-refractivity contribution in [3.63, 3.8) is 0 Å². The second kappa shape index (κ2) is 2.71. The first-order valence-corrected chi connectivity index (χ1v) is 5.50. The Kier molecular flexibility index (Phi) is 1.46. The molecule has 2 nitrogen and oxygen atoms in total.